The molecule has 88 heavy (non-hydrogen) atoms. The van der Waals surface area contributed by atoms with Gasteiger partial charge in [0.05, 0.1) is 11.0 Å². The van der Waals surface area contributed by atoms with Gasteiger partial charge >= 0.3 is 0 Å². The normalized spacial score (nSPS) is 12.9. The molecule has 0 N–H and O–H groups in total. The lowest BCUT2D eigenvalue weighted by Gasteiger charge is -2.36. The summed E-state index contributed by atoms with van der Waals surface area (Å²) in [6.07, 6.45) is 0. The first-order valence-corrected chi connectivity index (χ1v) is 32.6. The highest BCUT2D eigenvalue weighted by Crippen LogP contribution is 2.46. The first-order chi connectivity index (χ1) is 42.7. The molecule has 0 fully saturated rings. The molecule has 0 saturated carbocycles. The number of rotatable bonds is 12. The van der Waals surface area contributed by atoms with Crippen LogP contribution in [0.3, 0.4) is 0 Å². The van der Waals surface area contributed by atoms with Crippen molar-refractivity contribution in [3.05, 3.63) is 252 Å². The third kappa shape index (κ3) is 8.67. The van der Waals surface area contributed by atoms with Gasteiger partial charge in [0.15, 0.2) is 0 Å². The Kier molecular flexibility index (Phi) is 13.6. The zero-order valence-corrected chi connectivity index (χ0v) is 53.3. The van der Waals surface area contributed by atoms with Crippen LogP contribution in [0.1, 0.15) is 152 Å². The lowest BCUT2D eigenvalue weighted by Crippen LogP contribution is -2.61. The van der Waals surface area contributed by atoms with Crippen molar-refractivity contribution in [1.29, 1.82) is 0 Å². The second-order valence-electron chi connectivity index (χ2n) is 27.4. The Morgan fingerprint density at radius 2 is 0.591 bits per heavy atom. The quantitative estimate of drug-likeness (QED) is 0.108. The average molecular weight is 1140 g/mol. The lowest BCUT2D eigenvalue weighted by atomic mass is 9.31. The van der Waals surface area contributed by atoms with Gasteiger partial charge in [0.1, 0.15) is 0 Å². The summed E-state index contributed by atoms with van der Waals surface area (Å²) in [7, 11) is 0. The summed E-state index contributed by atoms with van der Waals surface area (Å²) in [6, 6.07) is 84.9. The van der Waals surface area contributed by atoms with E-state index in [1.807, 2.05) is 0 Å². The molecule has 0 atom stereocenters. The molecule has 2 aromatic heterocycles. The zero-order valence-electron chi connectivity index (χ0n) is 53.3. The highest BCUT2D eigenvalue weighted by atomic mass is 15.0. The topological polar surface area (TPSA) is 9.86 Å². The van der Waals surface area contributed by atoms with Gasteiger partial charge in [-0.1, -0.05) is 276 Å². The van der Waals surface area contributed by atoms with Crippen molar-refractivity contribution in [2.24, 2.45) is 0 Å². The van der Waals surface area contributed by atoms with Gasteiger partial charge in [-0.15, -0.1) is 0 Å². The molecule has 430 valence electrons. The number of hydrogen-bond donors (Lipinski definition) is 0. The fourth-order valence-corrected chi connectivity index (χ4v) is 15.8. The smallest absolute Gasteiger partial charge is 0.247 e. The van der Waals surface area contributed by atoms with Gasteiger partial charge in [0.2, 0.25) is 13.4 Å². The Morgan fingerprint density at radius 1 is 0.273 bits per heavy atom. The van der Waals surface area contributed by atoms with E-state index in [4.69, 9.17) is 0 Å². The van der Waals surface area contributed by atoms with Gasteiger partial charge < -0.3 is 9.13 Å². The predicted molar refractivity (Wildman–Crippen MR) is 384 cm³/mol. The Labute approximate surface area is 522 Å². The highest BCUT2D eigenvalue weighted by molar-refractivity contribution is 7.00. The lowest BCUT2D eigenvalue weighted by molar-refractivity contribution is 0.812. The van der Waals surface area contributed by atoms with E-state index in [1.165, 1.54) is 166 Å². The summed E-state index contributed by atoms with van der Waals surface area (Å²) in [4.78, 5) is 0. The van der Waals surface area contributed by atoms with E-state index in [2.05, 4.69) is 311 Å². The summed E-state index contributed by atoms with van der Waals surface area (Å²) in [5.74, 6) is 1.92. The molecule has 0 aliphatic carbocycles. The highest BCUT2D eigenvalue weighted by Gasteiger charge is 2.43. The minimum Gasteiger partial charge on any atom is -0.310 e. The van der Waals surface area contributed by atoms with Crippen molar-refractivity contribution in [3.8, 4) is 55.9 Å². The number of aromatic nitrogens is 2. The second-order valence-corrected chi connectivity index (χ2v) is 27.4. The maximum atomic E-state index is 2.74. The van der Waals surface area contributed by atoms with Gasteiger partial charge in [-0.3, -0.25) is 0 Å². The van der Waals surface area contributed by atoms with E-state index in [9.17, 15) is 0 Å². The van der Waals surface area contributed by atoms with Crippen molar-refractivity contribution < 1.29 is 0 Å². The number of para-hydroxylation sites is 2. The third-order valence-electron chi connectivity index (χ3n) is 20.1. The van der Waals surface area contributed by atoms with Crippen LogP contribution in [-0.4, -0.2) is 22.6 Å². The van der Waals surface area contributed by atoms with Crippen molar-refractivity contribution in [2.75, 3.05) is 0 Å². The first-order valence-electron chi connectivity index (χ1n) is 32.6. The SMILES string of the molecule is CC(C)c1cc(C(C)C)c(B2c3cc4c(cc3-n3c5cc(-c6ccccc6)cc(-c6ccccc6)c5c5cccc2c53)B(c2c(C(C)C)cc(C(C)C)cc2C(C)C)c2cccc3c5c(-c6ccccc6)cc(-c6ccccc6)cc5n-4c23)c(C(C)C)c1. The zero-order chi connectivity index (χ0) is 60.5. The van der Waals surface area contributed by atoms with Gasteiger partial charge in [-0.05, 0) is 172 Å². The minimum absolute atomic E-state index is 0.0823. The average Bonchev–Trinajstić information content (AvgIpc) is 1.45. The van der Waals surface area contributed by atoms with Crippen LogP contribution in [-0.2, 0) is 0 Å². The van der Waals surface area contributed by atoms with E-state index in [0.29, 0.717) is 11.8 Å². The fourth-order valence-electron chi connectivity index (χ4n) is 15.8. The number of nitrogens with zero attached hydrogens (tertiary/aromatic N) is 2. The van der Waals surface area contributed by atoms with E-state index in [-0.39, 0.29) is 37.1 Å². The molecule has 11 aromatic carbocycles. The van der Waals surface area contributed by atoms with Crippen molar-refractivity contribution >= 4 is 89.8 Å². The van der Waals surface area contributed by atoms with Crippen molar-refractivity contribution in [1.82, 2.24) is 9.13 Å². The number of fused-ring (bicyclic) bond motifs is 10. The Bertz CT molecular complexity index is 4530. The molecule has 2 aliphatic heterocycles. The van der Waals surface area contributed by atoms with Gasteiger partial charge in [0, 0.05) is 44.0 Å². The van der Waals surface area contributed by atoms with Gasteiger partial charge in [-0.25, -0.2) is 0 Å². The van der Waals surface area contributed by atoms with Crippen LogP contribution in [0.5, 0.6) is 0 Å². The van der Waals surface area contributed by atoms with E-state index >= 15 is 0 Å². The molecule has 0 unspecified atom stereocenters. The molecule has 2 nitrogen and oxygen atoms in total. The van der Waals surface area contributed by atoms with Crippen LogP contribution in [0.15, 0.2) is 218 Å². The maximum Gasteiger partial charge on any atom is 0.247 e. The fraction of sp³-hybridized carbons (Fsp3) is 0.214. The van der Waals surface area contributed by atoms with Crippen LogP contribution in [0, 0.1) is 0 Å². The standard InChI is InChI=1S/C84H78B2N2/c1-49(2)59-39-65(51(5)6)81(66(40-59)52(7)8)85-71-37-25-35-63-79-69(57-31-21-15-22-32-57)43-61(55-27-17-13-18-28-55)45-77(79)87(83(63)71)75-48-74-76(47-73(75)85)88-78-46-62(56-29-19-14-20-30-56)44-70(58-33-23-16-24-34-58)80(78)64-36-26-38-72(84(64)88)86(74)82-67(53(9)10)41-60(50(3)4)42-68(82)54(11)12/h13-54H,1-12H3. The van der Waals surface area contributed by atoms with Crippen LogP contribution in [0.2, 0.25) is 0 Å². The number of hydrogen-bond acceptors (Lipinski definition) is 0. The monoisotopic (exact) mass is 1140 g/mol. The molecule has 13 aromatic rings. The number of benzene rings is 11. The summed E-state index contributed by atoms with van der Waals surface area (Å²) in [6.45, 7) is 28.8. The molecule has 15 rings (SSSR count). The molecule has 4 heteroatoms. The summed E-state index contributed by atoms with van der Waals surface area (Å²) in [5.41, 5.74) is 34.4. The van der Waals surface area contributed by atoms with Gasteiger partial charge in [-0.2, -0.15) is 0 Å². The Hall–Kier alpha value is -8.85. The Morgan fingerprint density at radius 3 is 0.898 bits per heavy atom. The van der Waals surface area contributed by atoms with Crippen LogP contribution >= 0.6 is 0 Å². The van der Waals surface area contributed by atoms with E-state index < -0.39 is 0 Å². The molecular formula is C84H78B2N2. The van der Waals surface area contributed by atoms with Crippen molar-refractivity contribution in [2.45, 2.75) is 119 Å². The third-order valence-corrected chi connectivity index (χ3v) is 20.1. The van der Waals surface area contributed by atoms with Gasteiger partial charge in [0.25, 0.3) is 0 Å². The predicted octanol–water partition coefficient (Wildman–Crippen LogP) is 18.9. The minimum atomic E-state index is -0.0823. The first kappa shape index (κ1) is 55.7. The second kappa shape index (κ2) is 21.5. The molecule has 4 heterocycles. The maximum absolute atomic E-state index is 2.74. The molecule has 0 radical (unpaired) electrons. The molecule has 2 aliphatic rings. The summed E-state index contributed by atoms with van der Waals surface area (Å²) >= 11 is 0. The summed E-state index contributed by atoms with van der Waals surface area (Å²) in [5, 5.41) is 5.19. The van der Waals surface area contributed by atoms with Crippen LogP contribution in [0.25, 0.3) is 99.5 Å². The molecule has 0 amide bonds. The summed E-state index contributed by atoms with van der Waals surface area (Å²) < 4.78 is 5.49. The largest absolute Gasteiger partial charge is 0.310 e. The van der Waals surface area contributed by atoms with E-state index in [1.54, 1.807) is 0 Å². The van der Waals surface area contributed by atoms with Crippen LogP contribution in [0.4, 0.5) is 0 Å². The molecule has 0 saturated heterocycles. The molecule has 0 bridgehead atoms. The molecule has 0 spiro atoms. The Balaban J connectivity index is 1.18. The van der Waals surface area contributed by atoms with E-state index in [0.717, 1.165) is 0 Å². The van der Waals surface area contributed by atoms with Crippen LogP contribution < -0.4 is 32.8 Å². The van der Waals surface area contributed by atoms with Crippen molar-refractivity contribution in [3.63, 3.8) is 0 Å². The molecular weight excluding hydrogens is 1060 g/mol.